The number of Topliss-reactive ketones (excluding diaryl/α,β-unsaturated/α-hetero) is 1. The number of ketones is 1. The minimum absolute atomic E-state index is 0.0194. The van der Waals surface area contributed by atoms with Gasteiger partial charge in [0.1, 0.15) is 0 Å². The minimum Gasteiger partial charge on any atom is -0.334 e. The molecule has 1 saturated carbocycles. The van der Waals surface area contributed by atoms with Crippen molar-refractivity contribution in [2.45, 2.75) is 59.0 Å². The Labute approximate surface area is 139 Å². The highest BCUT2D eigenvalue weighted by atomic mass is 16.2. The van der Waals surface area contributed by atoms with Gasteiger partial charge in [0.05, 0.1) is 6.04 Å². The molecule has 0 radical (unpaired) electrons. The lowest BCUT2D eigenvalue weighted by Crippen LogP contribution is -2.97. The lowest BCUT2D eigenvalue weighted by molar-refractivity contribution is -0.715. The molecule has 0 aromatic heterocycles. The van der Waals surface area contributed by atoms with Crippen LogP contribution in [0.1, 0.15) is 57.3 Å². The molecule has 4 heteroatoms. The minimum atomic E-state index is -0.111. The van der Waals surface area contributed by atoms with Crippen molar-refractivity contribution in [2.24, 2.45) is 11.8 Å². The third-order valence-corrected chi connectivity index (χ3v) is 5.28. The van der Waals surface area contributed by atoms with Gasteiger partial charge in [-0.05, 0) is 63.3 Å². The Bertz CT molecular complexity index is 553. The topological polar surface area (TPSA) is 62.8 Å². The number of carbonyl (C=O) groups is 2. The van der Waals surface area contributed by atoms with E-state index in [1.807, 2.05) is 6.92 Å². The first-order chi connectivity index (χ1) is 10.9. The molecule has 126 valence electrons. The maximum atomic E-state index is 12.4. The van der Waals surface area contributed by atoms with Crippen molar-refractivity contribution >= 4 is 17.4 Å². The second-order valence-electron chi connectivity index (χ2n) is 7.04. The van der Waals surface area contributed by atoms with E-state index in [1.165, 1.54) is 26.2 Å². The van der Waals surface area contributed by atoms with Crippen molar-refractivity contribution in [3.8, 4) is 0 Å². The highest BCUT2D eigenvalue weighted by molar-refractivity contribution is 5.96. The van der Waals surface area contributed by atoms with E-state index in [-0.39, 0.29) is 17.7 Å². The number of hydrogen-bond acceptors (Lipinski definition) is 2. The molecular formula is C19H29N2O2+. The molecule has 1 aliphatic rings. The van der Waals surface area contributed by atoms with Gasteiger partial charge in [-0.25, -0.2) is 0 Å². The fraction of sp³-hybridized carbons (Fsp3) is 0.579. The number of rotatable bonds is 5. The fourth-order valence-electron chi connectivity index (χ4n) is 3.40. The van der Waals surface area contributed by atoms with Crippen LogP contribution in [0.2, 0.25) is 0 Å². The molecule has 1 aromatic rings. The fourth-order valence-corrected chi connectivity index (χ4v) is 3.40. The van der Waals surface area contributed by atoms with E-state index >= 15 is 0 Å². The van der Waals surface area contributed by atoms with Gasteiger partial charge in [0.15, 0.2) is 11.8 Å². The van der Waals surface area contributed by atoms with E-state index in [9.17, 15) is 9.59 Å². The second kappa shape index (κ2) is 7.73. The van der Waals surface area contributed by atoms with Crippen LogP contribution in [0.3, 0.4) is 0 Å². The van der Waals surface area contributed by atoms with Gasteiger partial charge in [0, 0.05) is 17.2 Å². The first-order valence-corrected chi connectivity index (χ1v) is 8.65. The van der Waals surface area contributed by atoms with Gasteiger partial charge in [-0.3, -0.25) is 9.59 Å². The summed E-state index contributed by atoms with van der Waals surface area (Å²) in [6, 6.07) is 7.48. The smallest absolute Gasteiger partial charge is 0.282 e. The molecular weight excluding hydrogens is 288 g/mol. The normalized spacial score (nSPS) is 25.7. The third-order valence-electron chi connectivity index (χ3n) is 5.28. The monoisotopic (exact) mass is 317 g/mol. The molecule has 1 fully saturated rings. The van der Waals surface area contributed by atoms with Crippen molar-refractivity contribution in [1.82, 2.24) is 0 Å². The van der Waals surface area contributed by atoms with Gasteiger partial charge in [0.25, 0.3) is 5.91 Å². The molecule has 1 aromatic carbocycles. The lowest BCUT2D eigenvalue weighted by Gasteiger charge is -2.33. The largest absolute Gasteiger partial charge is 0.334 e. The molecule has 1 aliphatic carbocycles. The second-order valence-corrected chi connectivity index (χ2v) is 7.04. The molecule has 0 aliphatic heterocycles. The molecule has 0 heterocycles. The van der Waals surface area contributed by atoms with Crippen LogP contribution in [-0.2, 0) is 4.79 Å². The van der Waals surface area contributed by atoms with Gasteiger partial charge in [-0.15, -0.1) is 0 Å². The summed E-state index contributed by atoms with van der Waals surface area (Å²) in [5.74, 6) is 1.43. The number of hydrogen-bond donors (Lipinski definition) is 2. The Hall–Kier alpha value is -1.68. The number of nitrogens with two attached hydrogens (primary N) is 1. The van der Waals surface area contributed by atoms with Gasteiger partial charge < -0.3 is 10.6 Å². The van der Waals surface area contributed by atoms with Crippen molar-refractivity contribution in [3.63, 3.8) is 0 Å². The summed E-state index contributed by atoms with van der Waals surface area (Å²) in [5, 5.41) is 5.16. The Morgan fingerprint density at radius 2 is 1.83 bits per heavy atom. The average molecular weight is 317 g/mol. The molecule has 23 heavy (non-hydrogen) atoms. The number of carbonyl (C=O) groups excluding carboxylic acids is 2. The molecule has 4 atom stereocenters. The first-order valence-electron chi connectivity index (χ1n) is 8.65. The van der Waals surface area contributed by atoms with Gasteiger partial charge in [0.2, 0.25) is 0 Å². The van der Waals surface area contributed by atoms with Crippen LogP contribution < -0.4 is 10.6 Å². The molecule has 4 nitrogen and oxygen atoms in total. The number of quaternary nitrogens is 1. The van der Waals surface area contributed by atoms with Crippen LogP contribution in [0.4, 0.5) is 5.69 Å². The van der Waals surface area contributed by atoms with Crippen LogP contribution >= 0.6 is 0 Å². The van der Waals surface area contributed by atoms with Crippen LogP contribution in [0.25, 0.3) is 0 Å². The van der Waals surface area contributed by atoms with E-state index in [0.29, 0.717) is 17.5 Å². The molecule has 0 saturated heterocycles. The van der Waals surface area contributed by atoms with Crippen molar-refractivity contribution in [2.75, 3.05) is 5.32 Å². The third kappa shape index (κ3) is 4.64. The number of benzene rings is 1. The maximum absolute atomic E-state index is 12.4. The van der Waals surface area contributed by atoms with Gasteiger partial charge in [-0.1, -0.05) is 13.8 Å². The Balaban J connectivity index is 1.90. The molecule has 0 bridgehead atoms. The molecule has 3 N–H and O–H groups in total. The summed E-state index contributed by atoms with van der Waals surface area (Å²) < 4.78 is 0. The van der Waals surface area contributed by atoms with E-state index in [1.54, 1.807) is 24.3 Å². The predicted molar refractivity (Wildman–Crippen MR) is 92.4 cm³/mol. The number of amides is 1. The van der Waals surface area contributed by atoms with Crippen molar-refractivity contribution in [3.05, 3.63) is 29.8 Å². The van der Waals surface area contributed by atoms with Crippen LogP contribution in [0, 0.1) is 11.8 Å². The van der Waals surface area contributed by atoms with E-state index in [0.717, 1.165) is 11.6 Å². The predicted octanol–water partition coefficient (Wildman–Crippen LogP) is 2.60. The summed E-state index contributed by atoms with van der Waals surface area (Å²) in [6.45, 7) is 8.12. The standard InChI is InChI=1S/C19H28N2O2/c1-12-6-5-7-18(13(12)2)20-14(3)19(23)21-17-10-8-16(9-11-17)15(4)22/h8-14,18,20H,5-7H2,1-4H3,(H,21,23)/p+1/t12-,13+,14-,18+/m0/s1. The Kier molecular flexibility index (Phi) is 5.94. The zero-order valence-electron chi connectivity index (χ0n) is 14.6. The molecule has 1 amide bonds. The summed E-state index contributed by atoms with van der Waals surface area (Å²) in [6.07, 6.45) is 3.75. The first kappa shape index (κ1) is 17.7. The van der Waals surface area contributed by atoms with Gasteiger partial charge in [-0.2, -0.15) is 0 Å². The Morgan fingerprint density at radius 1 is 1.17 bits per heavy atom. The summed E-state index contributed by atoms with van der Waals surface area (Å²) in [5.41, 5.74) is 1.40. The summed E-state index contributed by atoms with van der Waals surface area (Å²) >= 11 is 0. The zero-order chi connectivity index (χ0) is 17.0. The number of nitrogens with one attached hydrogen (secondary N) is 1. The zero-order valence-corrected chi connectivity index (χ0v) is 14.6. The lowest BCUT2D eigenvalue weighted by atomic mass is 9.78. The SMILES string of the molecule is CC(=O)c1ccc(NC(=O)[C@H](C)[NH2+][C@@H]2CCC[C@H](C)[C@H]2C)cc1. The molecule has 0 unspecified atom stereocenters. The van der Waals surface area contributed by atoms with Crippen molar-refractivity contribution < 1.29 is 14.9 Å². The number of anilines is 1. The van der Waals surface area contributed by atoms with Crippen LogP contribution in [-0.4, -0.2) is 23.8 Å². The Morgan fingerprint density at radius 3 is 2.43 bits per heavy atom. The molecule has 0 spiro atoms. The average Bonchev–Trinajstić information content (AvgIpc) is 2.52. The summed E-state index contributed by atoms with van der Waals surface area (Å²) in [4.78, 5) is 23.7. The van der Waals surface area contributed by atoms with Crippen LogP contribution in [0.5, 0.6) is 0 Å². The highest BCUT2D eigenvalue weighted by Gasteiger charge is 2.32. The van der Waals surface area contributed by atoms with Crippen LogP contribution in [0.15, 0.2) is 24.3 Å². The van der Waals surface area contributed by atoms with E-state index in [4.69, 9.17) is 0 Å². The van der Waals surface area contributed by atoms with E-state index in [2.05, 4.69) is 24.5 Å². The highest BCUT2D eigenvalue weighted by Crippen LogP contribution is 2.27. The van der Waals surface area contributed by atoms with Crippen molar-refractivity contribution in [1.29, 1.82) is 0 Å². The quantitative estimate of drug-likeness (QED) is 0.820. The maximum Gasteiger partial charge on any atom is 0.282 e. The van der Waals surface area contributed by atoms with Gasteiger partial charge >= 0.3 is 0 Å². The summed E-state index contributed by atoms with van der Waals surface area (Å²) in [7, 11) is 0. The van der Waals surface area contributed by atoms with E-state index < -0.39 is 0 Å². The molecule has 2 rings (SSSR count).